The number of nitrogens with one attached hydrogen (secondary N) is 2. The predicted molar refractivity (Wildman–Crippen MR) is 139 cm³/mol. The highest BCUT2D eigenvalue weighted by atomic mass is 19.1. The lowest BCUT2D eigenvalue weighted by atomic mass is 9.47. The van der Waals surface area contributed by atoms with Gasteiger partial charge in [-0.15, -0.1) is 14.8 Å². The molecule has 7 rings (SSSR count). The summed E-state index contributed by atoms with van der Waals surface area (Å²) in [5, 5.41) is 13.6. The molecule has 0 spiro atoms. The normalized spacial score (nSPS) is 20.8. The smallest absolute Gasteiger partial charge is 0.283 e. The van der Waals surface area contributed by atoms with Gasteiger partial charge < -0.3 is 21.1 Å². The minimum Gasteiger partial charge on any atom is -0.496 e. The Labute approximate surface area is 225 Å². The molecule has 2 heterocycles. The van der Waals surface area contributed by atoms with Crippen LogP contribution in [0.3, 0.4) is 0 Å². The van der Waals surface area contributed by atoms with Crippen LogP contribution in [0.1, 0.15) is 29.6 Å². The van der Waals surface area contributed by atoms with Gasteiger partial charge in [0, 0.05) is 41.6 Å². The molecule has 2 amide bonds. The average Bonchev–Trinajstić information content (AvgIpc) is 3.27. The first-order valence-corrected chi connectivity index (χ1v) is 12.2. The Kier molecular flexibility index (Phi) is 5.57. The molecule has 0 saturated heterocycles. The van der Waals surface area contributed by atoms with Gasteiger partial charge in [-0.25, -0.2) is 18.2 Å². The number of halogens is 3. The molecule has 3 aliphatic rings. The number of anilines is 2. The lowest BCUT2D eigenvalue weighted by Gasteiger charge is -2.65. The van der Waals surface area contributed by atoms with E-state index >= 15 is 4.39 Å². The maximum atomic E-state index is 15.4. The number of rotatable bonds is 7. The van der Waals surface area contributed by atoms with Crippen molar-refractivity contribution >= 4 is 28.8 Å². The lowest BCUT2D eigenvalue weighted by Crippen LogP contribution is -2.76. The Bertz CT molecular complexity index is 1730. The maximum absolute atomic E-state index is 15.4. The van der Waals surface area contributed by atoms with Crippen LogP contribution in [0.2, 0.25) is 0 Å². The molecule has 0 unspecified atom stereocenters. The van der Waals surface area contributed by atoms with Crippen LogP contribution in [0.4, 0.5) is 24.7 Å². The summed E-state index contributed by atoms with van der Waals surface area (Å²) in [6, 6.07) is 8.51. The van der Waals surface area contributed by atoms with E-state index < -0.39 is 34.7 Å². The van der Waals surface area contributed by atoms with Gasteiger partial charge >= 0.3 is 0 Å². The van der Waals surface area contributed by atoms with Crippen molar-refractivity contribution in [1.29, 1.82) is 0 Å². The number of methoxy groups -OCH3 is 1. The molecule has 2 aromatic carbocycles. The van der Waals surface area contributed by atoms with Crippen LogP contribution in [0.25, 0.3) is 27.9 Å². The van der Waals surface area contributed by atoms with Gasteiger partial charge in [0.1, 0.15) is 34.8 Å². The van der Waals surface area contributed by atoms with Crippen LogP contribution in [0.5, 0.6) is 5.75 Å². The summed E-state index contributed by atoms with van der Waals surface area (Å²) in [6.07, 6.45) is 2.09. The van der Waals surface area contributed by atoms with Crippen LogP contribution >= 0.6 is 0 Å². The minimum atomic E-state index is -1.22. The summed E-state index contributed by atoms with van der Waals surface area (Å²) in [5.41, 5.74) is 6.01. The van der Waals surface area contributed by atoms with Crippen molar-refractivity contribution < 1.29 is 27.5 Å². The number of amides is 2. The van der Waals surface area contributed by atoms with Crippen LogP contribution < -0.4 is 21.1 Å². The summed E-state index contributed by atoms with van der Waals surface area (Å²) in [7, 11) is 1.40. The zero-order chi connectivity index (χ0) is 28.4. The molecule has 0 aliphatic heterocycles. The second-order valence-electron chi connectivity index (χ2n) is 10.1. The number of nitrogens with two attached hydrogens (primary N) is 1. The number of alkyl halides is 1. The number of nitrogens with zero attached hydrogens (tertiary/aromatic N) is 4. The lowest BCUT2D eigenvalue weighted by molar-refractivity contribution is -0.162. The summed E-state index contributed by atoms with van der Waals surface area (Å²) >= 11 is 0. The second-order valence-corrected chi connectivity index (χ2v) is 10.1. The molecule has 2 aromatic heterocycles. The topological polar surface area (TPSA) is 137 Å². The Morgan fingerprint density at radius 2 is 1.93 bits per heavy atom. The van der Waals surface area contributed by atoms with Crippen molar-refractivity contribution in [2.24, 2.45) is 0 Å². The molecule has 0 atom stereocenters. The molecule has 3 fully saturated rings. The third kappa shape index (κ3) is 4.01. The number of carbonyl (C=O) groups excluding carboxylic acids is 2. The zero-order valence-corrected chi connectivity index (χ0v) is 21.1. The minimum absolute atomic E-state index is 0.00843. The molecule has 40 heavy (non-hydrogen) atoms. The Hall–Kier alpha value is -4.94. The van der Waals surface area contributed by atoms with Crippen molar-refractivity contribution in [3.8, 4) is 28.1 Å². The predicted octanol–water partition coefficient (Wildman–Crippen LogP) is 3.98. The van der Waals surface area contributed by atoms with Gasteiger partial charge in [-0.2, -0.15) is 0 Å². The average molecular weight is 550 g/mol. The number of ether oxygens (including phenoxy) is 1. The first-order chi connectivity index (χ1) is 19.0. The molecule has 3 aliphatic carbocycles. The highest BCUT2D eigenvalue weighted by molar-refractivity contribution is 6.03. The van der Waals surface area contributed by atoms with Crippen molar-refractivity contribution in [3.63, 3.8) is 0 Å². The van der Waals surface area contributed by atoms with Crippen molar-refractivity contribution in [1.82, 2.24) is 25.1 Å². The molecule has 2 bridgehead atoms. The van der Waals surface area contributed by atoms with Gasteiger partial charge in [-0.3, -0.25) is 9.59 Å². The summed E-state index contributed by atoms with van der Waals surface area (Å²) in [5.74, 6) is -3.19. The fourth-order valence-electron chi connectivity index (χ4n) is 5.50. The molecular weight excluding hydrogens is 527 g/mol. The van der Waals surface area contributed by atoms with Gasteiger partial charge in [-0.1, -0.05) is 12.6 Å². The SMILES string of the molecule is C=C(F)C(=O)Nc1ccc(-c2nn3ncnc(N)c3c2-c2ccc(C(=O)NC34CC(F)(C3)C4)c(OC)c2)c(F)c1. The van der Waals surface area contributed by atoms with E-state index in [1.165, 1.54) is 30.2 Å². The first kappa shape index (κ1) is 25.3. The van der Waals surface area contributed by atoms with Crippen LogP contribution in [-0.2, 0) is 4.79 Å². The van der Waals surface area contributed by atoms with Crippen molar-refractivity contribution in [2.45, 2.75) is 30.5 Å². The fourth-order valence-corrected chi connectivity index (χ4v) is 5.50. The van der Waals surface area contributed by atoms with Gasteiger partial charge in [-0.05, 0) is 35.9 Å². The van der Waals surface area contributed by atoms with Crippen molar-refractivity contribution in [3.05, 3.63) is 66.5 Å². The standard InChI is InChI=1S/C27H22F3N7O3/c1-13(28)24(38)34-15-4-6-16(18(29)8-15)21-20(22-23(31)32-12-33-37(22)36-21)14-3-5-17(19(7-14)40-2)25(39)35-27-9-26(30,10-27)11-27/h3-8,12H,1,9-11H2,2H3,(H,34,38)(H,35,39)(H2,31,32,33). The number of nitrogen functional groups attached to an aromatic ring is 1. The molecule has 4 N–H and O–H groups in total. The van der Waals surface area contributed by atoms with Gasteiger partial charge in [0.15, 0.2) is 11.6 Å². The summed E-state index contributed by atoms with van der Waals surface area (Å²) < 4.78 is 49.1. The number of fused-ring (bicyclic) bond motifs is 1. The van der Waals surface area contributed by atoms with Crippen LogP contribution in [-0.4, -0.2) is 49.9 Å². The van der Waals surface area contributed by atoms with E-state index in [0.717, 1.165) is 6.07 Å². The van der Waals surface area contributed by atoms with E-state index in [-0.39, 0.29) is 39.6 Å². The summed E-state index contributed by atoms with van der Waals surface area (Å²) in [4.78, 5) is 28.7. The molecule has 10 nitrogen and oxygen atoms in total. The van der Waals surface area contributed by atoms with Crippen LogP contribution in [0, 0.1) is 5.82 Å². The Morgan fingerprint density at radius 1 is 1.18 bits per heavy atom. The van der Waals surface area contributed by atoms with E-state index in [2.05, 4.69) is 32.4 Å². The van der Waals surface area contributed by atoms with Crippen LogP contribution in [0.15, 0.2) is 55.1 Å². The fraction of sp³-hybridized carbons (Fsp3) is 0.222. The molecule has 4 aromatic rings. The molecule has 204 valence electrons. The Balaban J connectivity index is 1.42. The number of carbonyl (C=O) groups is 2. The number of hydrogen-bond acceptors (Lipinski definition) is 7. The third-order valence-corrected chi connectivity index (χ3v) is 7.28. The second kappa shape index (κ2) is 8.79. The van der Waals surface area contributed by atoms with Gasteiger partial charge in [0.05, 0.1) is 12.7 Å². The molecule has 13 heteroatoms. The van der Waals surface area contributed by atoms with E-state index in [9.17, 15) is 18.4 Å². The number of hydrogen-bond donors (Lipinski definition) is 3. The zero-order valence-electron chi connectivity index (χ0n) is 21.1. The highest BCUT2D eigenvalue weighted by Gasteiger charge is 2.69. The third-order valence-electron chi connectivity index (χ3n) is 7.28. The number of benzene rings is 2. The largest absolute Gasteiger partial charge is 0.496 e. The van der Waals surface area contributed by atoms with E-state index in [4.69, 9.17) is 10.5 Å². The van der Waals surface area contributed by atoms with Gasteiger partial charge in [0.25, 0.3) is 11.8 Å². The summed E-state index contributed by atoms with van der Waals surface area (Å²) in [6.45, 7) is 2.92. The quantitative estimate of drug-likeness (QED) is 0.297. The number of aromatic nitrogens is 4. The monoisotopic (exact) mass is 549 g/mol. The highest BCUT2D eigenvalue weighted by Crippen LogP contribution is 2.63. The van der Waals surface area contributed by atoms with Gasteiger partial charge in [0.2, 0.25) is 0 Å². The van der Waals surface area contributed by atoms with E-state index in [1.807, 2.05) is 0 Å². The maximum Gasteiger partial charge on any atom is 0.283 e. The Morgan fingerprint density at radius 3 is 2.58 bits per heavy atom. The van der Waals surface area contributed by atoms with Crippen molar-refractivity contribution in [2.75, 3.05) is 18.2 Å². The molecule has 0 radical (unpaired) electrons. The molecule has 3 saturated carbocycles. The van der Waals surface area contributed by atoms with E-state index in [1.54, 1.807) is 18.2 Å². The van der Waals surface area contributed by atoms with E-state index in [0.29, 0.717) is 30.4 Å². The first-order valence-electron chi connectivity index (χ1n) is 12.2. The molecular formula is C27H22F3N7O3.